The fourth-order valence-corrected chi connectivity index (χ4v) is 3.67. The predicted octanol–water partition coefficient (Wildman–Crippen LogP) is 5.24. The highest BCUT2D eigenvalue weighted by molar-refractivity contribution is 7.98. The van der Waals surface area contributed by atoms with Crippen LogP contribution in [0.1, 0.15) is 27.0 Å². The number of aromatic nitrogens is 1. The van der Waals surface area contributed by atoms with E-state index in [1.54, 1.807) is 24.2 Å². The van der Waals surface area contributed by atoms with Gasteiger partial charge in [0.1, 0.15) is 0 Å². The van der Waals surface area contributed by atoms with Gasteiger partial charge in [-0.2, -0.15) is 0 Å². The van der Waals surface area contributed by atoms with E-state index in [4.69, 9.17) is 0 Å². The van der Waals surface area contributed by atoms with Gasteiger partial charge in [0.25, 0.3) is 5.91 Å². The Bertz CT molecular complexity index is 858. The highest BCUT2D eigenvalue weighted by Crippen LogP contribution is 2.27. The summed E-state index contributed by atoms with van der Waals surface area (Å²) in [6, 6.07) is 17.8. The van der Waals surface area contributed by atoms with Crippen LogP contribution in [0.3, 0.4) is 0 Å². The van der Waals surface area contributed by atoms with E-state index in [9.17, 15) is 4.79 Å². The van der Waals surface area contributed by atoms with Gasteiger partial charge in [-0.15, -0.1) is 11.8 Å². The van der Waals surface area contributed by atoms with Gasteiger partial charge in [0.2, 0.25) is 0 Å². The summed E-state index contributed by atoms with van der Waals surface area (Å²) in [6.45, 7) is 4.06. The number of carbonyl (C=O) groups is 1. The minimum absolute atomic E-state index is 0.0807. The number of benzene rings is 2. The number of amides is 1. The molecular weight excluding hydrogens is 328 g/mol. The normalized spacial score (nSPS) is 10.5. The Balaban J connectivity index is 1.76. The first-order valence-electron chi connectivity index (χ1n) is 8.12. The van der Waals surface area contributed by atoms with Crippen LogP contribution in [0.5, 0.6) is 0 Å². The lowest BCUT2D eigenvalue weighted by molar-refractivity contribution is 0.102. The summed E-state index contributed by atoms with van der Waals surface area (Å²) < 4.78 is 0. The fraction of sp³-hybridized carbons (Fsp3) is 0.143. The lowest BCUT2D eigenvalue weighted by atomic mass is 10.1. The molecule has 0 aliphatic heterocycles. The van der Waals surface area contributed by atoms with Gasteiger partial charge in [0, 0.05) is 28.7 Å². The third-order valence-corrected chi connectivity index (χ3v) is 4.90. The zero-order chi connectivity index (χ0) is 17.6. The van der Waals surface area contributed by atoms with E-state index in [2.05, 4.69) is 16.4 Å². The second kappa shape index (κ2) is 7.99. The Morgan fingerprint density at radius 1 is 1.00 bits per heavy atom. The highest BCUT2D eigenvalue weighted by atomic mass is 32.2. The Kier molecular flexibility index (Phi) is 5.51. The molecule has 3 aromatic rings. The van der Waals surface area contributed by atoms with Gasteiger partial charge in [-0.25, -0.2) is 0 Å². The molecule has 0 radical (unpaired) electrons. The SMILES string of the molecule is Cc1cc(C)cc(NC(=O)c2ccccc2SCc2ccncc2)c1. The molecule has 3 rings (SSSR count). The van der Waals surface area contributed by atoms with Crippen LogP contribution < -0.4 is 5.32 Å². The molecular formula is C21H20N2OS. The number of nitrogens with zero attached hydrogens (tertiary/aromatic N) is 1. The van der Waals surface area contributed by atoms with Crippen LogP contribution in [-0.2, 0) is 5.75 Å². The Morgan fingerprint density at radius 2 is 1.68 bits per heavy atom. The molecule has 0 fully saturated rings. The summed E-state index contributed by atoms with van der Waals surface area (Å²) >= 11 is 1.66. The Morgan fingerprint density at radius 3 is 2.40 bits per heavy atom. The first-order valence-corrected chi connectivity index (χ1v) is 9.11. The van der Waals surface area contributed by atoms with Crippen molar-refractivity contribution in [2.45, 2.75) is 24.5 Å². The molecule has 1 heterocycles. The van der Waals surface area contributed by atoms with Crippen molar-refractivity contribution in [3.8, 4) is 0 Å². The Hall–Kier alpha value is -2.59. The molecule has 1 aromatic heterocycles. The molecule has 0 bridgehead atoms. The van der Waals surface area contributed by atoms with Gasteiger partial charge in [-0.05, 0) is 66.9 Å². The van der Waals surface area contributed by atoms with Crippen molar-refractivity contribution in [2.75, 3.05) is 5.32 Å². The van der Waals surface area contributed by atoms with Crippen molar-refractivity contribution >= 4 is 23.4 Å². The average Bonchev–Trinajstić information content (AvgIpc) is 2.60. The van der Waals surface area contributed by atoms with E-state index in [0.29, 0.717) is 5.56 Å². The number of thioether (sulfide) groups is 1. The minimum atomic E-state index is -0.0807. The van der Waals surface area contributed by atoms with E-state index >= 15 is 0 Å². The van der Waals surface area contributed by atoms with Crippen LogP contribution in [0, 0.1) is 13.8 Å². The number of carbonyl (C=O) groups excluding carboxylic acids is 1. The molecule has 0 unspecified atom stereocenters. The maximum Gasteiger partial charge on any atom is 0.256 e. The maximum absolute atomic E-state index is 12.7. The first-order chi connectivity index (χ1) is 12.1. The average molecular weight is 348 g/mol. The standard InChI is InChI=1S/C21H20N2OS/c1-15-11-16(2)13-18(12-15)23-21(24)19-5-3-4-6-20(19)25-14-17-7-9-22-10-8-17/h3-13H,14H2,1-2H3,(H,23,24). The molecule has 1 amide bonds. The lowest BCUT2D eigenvalue weighted by Crippen LogP contribution is -2.13. The number of hydrogen-bond acceptors (Lipinski definition) is 3. The first kappa shape index (κ1) is 17.2. The summed E-state index contributed by atoms with van der Waals surface area (Å²) in [5.74, 6) is 0.721. The molecule has 2 aromatic carbocycles. The third-order valence-electron chi connectivity index (χ3n) is 3.75. The van der Waals surface area contributed by atoms with Crippen LogP contribution in [0.2, 0.25) is 0 Å². The van der Waals surface area contributed by atoms with Gasteiger partial charge in [-0.1, -0.05) is 18.2 Å². The molecule has 0 aliphatic carbocycles. The van der Waals surface area contributed by atoms with E-state index < -0.39 is 0 Å². The minimum Gasteiger partial charge on any atom is -0.322 e. The van der Waals surface area contributed by atoms with Gasteiger partial charge in [-0.3, -0.25) is 9.78 Å². The molecule has 4 heteroatoms. The van der Waals surface area contributed by atoms with Gasteiger partial charge in [0.15, 0.2) is 0 Å². The van der Waals surface area contributed by atoms with Gasteiger partial charge >= 0.3 is 0 Å². The van der Waals surface area contributed by atoms with Crippen molar-refractivity contribution in [1.29, 1.82) is 0 Å². The van der Waals surface area contributed by atoms with E-state index in [0.717, 1.165) is 27.5 Å². The molecule has 0 saturated carbocycles. The number of pyridine rings is 1. The van der Waals surface area contributed by atoms with Crippen molar-refractivity contribution in [3.05, 3.63) is 89.2 Å². The molecule has 0 spiro atoms. The van der Waals surface area contributed by atoms with Crippen LogP contribution in [-0.4, -0.2) is 10.9 Å². The molecule has 25 heavy (non-hydrogen) atoms. The molecule has 3 nitrogen and oxygen atoms in total. The van der Waals surface area contributed by atoms with Gasteiger partial charge in [0.05, 0.1) is 5.56 Å². The van der Waals surface area contributed by atoms with Crippen molar-refractivity contribution in [2.24, 2.45) is 0 Å². The van der Waals surface area contributed by atoms with E-state index in [1.807, 2.05) is 62.4 Å². The molecule has 0 aliphatic rings. The van der Waals surface area contributed by atoms with E-state index in [-0.39, 0.29) is 5.91 Å². The molecule has 0 saturated heterocycles. The van der Waals surface area contributed by atoms with Crippen LogP contribution in [0.4, 0.5) is 5.69 Å². The number of nitrogens with one attached hydrogen (secondary N) is 1. The monoisotopic (exact) mass is 348 g/mol. The summed E-state index contributed by atoms with van der Waals surface area (Å²) in [4.78, 5) is 17.7. The molecule has 126 valence electrons. The summed E-state index contributed by atoms with van der Waals surface area (Å²) in [6.07, 6.45) is 3.57. The fourth-order valence-electron chi connectivity index (χ4n) is 2.67. The van der Waals surface area contributed by atoms with Gasteiger partial charge < -0.3 is 5.32 Å². The second-order valence-corrected chi connectivity index (χ2v) is 6.99. The second-order valence-electron chi connectivity index (χ2n) is 5.97. The zero-order valence-electron chi connectivity index (χ0n) is 14.3. The van der Waals surface area contributed by atoms with Crippen molar-refractivity contribution < 1.29 is 4.79 Å². The number of hydrogen-bond donors (Lipinski definition) is 1. The number of aryl methyl sites for hydroxylation is 2. The van der Waals surface area contributed by atoms with Crippen LogP contribution in [0.25, 0.3) is 0 Å². The largest absolute Gasteiger partial charge is 0.322 e. The van der Waals surface area contributed by atoms with Crippen molar-refractivity contribution in [3.63, 3.8) is 0 Å². The highest BCUT2D eigenvalue weighted by Gasteiger charge is 2.12. The number of anilines is 1. The topological polar surface area (TPSA) is 42.0 Å². The Labute approximate surface area is 152 Å². The zero-order valence-corrected chi connectivity index (χ0v) is 15.1. The quantitative estimate of drug-likeness (QED) is 0.641. The predicted molar refractivity (Wildman–Crippen MR) is 104 cm³/mol. The molecule has 0 atom stereocenters. The lowest BCUT2D eigenvalue weighted by Gasteiger charge is -2.11. The van der Waals surface area contributed by atoms with E-state index in [1.165, 1.54) is 5.56 Å². The van der Waals surface area contributed by atoms with Crippen LogP contribution in [0.15, 0.2) is 71.9 Å². The summed E-state index contributed by atoms with van der Waals surface area (Å²) in [5.41, 5.74) is 4.98. The molecule has 1 N–H and O–H groups in total. The van der Waals surface area contributed by atoms with Crippen LogP contribution >= 0.6 is 11.8 Å². The number of rotatable bonds is 5. The summed E-state index contributed by atoms with van der Waals surface area (Å²) in [7, 11) is 0. The third kappa shape index (κ3) is 4.70. The maximum atomic E-state index is 12.7. The van der Waals surface area contributed by atoms with Crippen molar-refractivity contribution in [1.82, 2.24) is 4.98 Å². The summed E-state index contributed by atoms with van der Waals surface area (Å²) in [5, 5.41) is 3.02. The smallest absolute Gasteiger partial charge is 0.256 e.